The zero-order chi connectivity index (χ0) is 11.8. The summed E-state index contributed by atoms with van der Waals surface area (Å²) in [5.41, 5.74) is 1.26. The largest absolute Gasteiger partial charge is 0.481 e. The van der Waals surface area contributed by atoms with Gasteiger partial charge < -0.3 is 10.4 Å². The number of benzene rings is 1. The van der Waals surface area contributed by atoms with Crippen molar-refractivity contribution in [2.75, 3.05) is 6.54 Å². The lowest BCUT2D eigenvalue weighted by molar-refractivity contribution is -0.137. The molecular weight excluding hydrogens is 202 g/mol. The maximum atomic E-state index is 10.4. The molecule has 1 aromatic rings. The van der Waals surface area contributed by atoms with Crippen LogP contribution in [0.15, 0.2) is 30.3 Å². The molecule has 0 fully saturated rings. The Labute approximate surface area is 96.5 Å². The molecule has 1 atom stereocenters. The standard InChI is InChI=1S/C13H19NO2/c1-2-12(11-7-4-3-5-8-11)14-10-6-9-13(15)16/h3-5,7-8,12,14H,2,6,9-10H2,1H3,(H,15,16). The predicted molar refractivity (Wildman–Crippen MR) is 64.3 cm³/mol. The van der Waals surface area contributed by atoms with Gasteiger partial charge in [0.2, 0.25) is 0 Å². The van der Waals surface area contributed by atoms with Crippen LogP contribution in [0.25, 0.3) is 0 Å². The average molecular weight is 221 g/mol. The minimum absolute atomic E-state index is 0.234. The lowest BCUT2D eigenvalue weighted by Gasteiger charge is -2.16. The maximum absolute atomic E-state index is 10.4. The van der Waals surface area contributed by atoms with E-state index < -0.39 is 5.97 Å². The molecule has 0 saturated heterocycles. The summed E-state index contributed by atoms with van der Waals surface area (Å²) >= 11 is 0. The molecule has 1 unspecified atom stereocenters. The molecule has 1 aromatic carbocycles. The highest BCUT2D eigenvalue weighted by Crippen LogP contribution is 2.15. The first-order valence-electron chi connectivity index (χ1n) is 5.74. The summed E-state index contributed by atoms with van der Waals surface area (Å²) in [5, 5.41) is 11.9. The van der Waals surface area contributed by atoms with Crippen LogP contribution in [0, 0.1) is 0 Å². The Morgan fingerprint density at radius 1 is 1.38 bits per heavy atom. The number of carboxylic acids is 1. The Morgan fingerprint density at radius 3 is 2.62 bits per heavy atom. The fourth-order valence-electron chi connectivity index (χ4n) is 1.70. The molecule has 0 radical (unpaired) electrons. The van der Waals surface area contributed by atoms with E-state index in [2.05, 4.69) is 24.4 Å². The number of rotatable bonds is 7. The van der Waals surface area contributed by atoms with Gasteiger partial charge in [-0.25, -0.2) is 0 Å². The van der Waals surface area contributed by atoms with Crippen molar-refractivity contribution in [2.24, 2.45) is 0 Å². The second kappa shape index (κ2) is 7.01. The summed E-state index contributed by atoms with van der Waals surface area (Å²) < 4.78 is 0. The van der Waals surface area contributed by atoms with Crippen LogP contribution in [0.2, 0.25) is 0 Å². The van der Waals surface area contributed by atoms with Gasteiger partial charge in [0.25, 0.3) is 0 Å². The third-order valence-electron chi connectivity index (χ3n) is 2.57. The molecule has 0 spiro atoms. The second-order valence-electron chi connectivity index (χ2n) is 3.82. The van der Waals surface area contributed by atoms with Crippen LogP contribution in [0.1, 0.15) is 37.8 Å². The fraction of sp³-hybridized carbons (Fsp3) is 0.462. The number of hydrogen-bond donors (Lipinski definition) is 2. The Hall–Kier alpha value is -1.35. The SMILES string of the molecule is CCC(NCCCC(=O)O)c1ccccc1. The molecule has 16 heavy (non-hydrogen) atoms. The van der Waals surface area contributed by atoms with Gasteiger partial charge in [-0.05, 0) is 24.9 Å². The van der Waals surface area contributed by atoms with E-state index in [0.717, 1.165) is 13.0 Å². The van der Waals surface area contributed by atoms with Crippen LogP contribution in [-0.2, 0) is 4.79 Å². The molecule has 0 aliphatic rings. The number of nitrogens with one attached hydrogen (secondary N) is 1. The molecule has 0 saturated carbocycles. The Balaban J connectivity index is 2.35. The third-order valence-corrected chi connectivity index (χ3v) is 2.57. The van der Waals surface area contributed by atoms with Gasteiger partial charge in [0.15, 0.2) is 0 Å². The van der Waals surface area contributed by atoms with Crippen LogP contribution >= 0.6 is 0 Å². The summed E-state index contributed by atoms with van der Waals surface area (Å²) in [6.45, 7) is 2.88. The molecular formula is C13H19NO2. The zero-order valence-corrected chi connectivity index (χ0v) is 9.65. The highest BCUT2D eigenvalue weighted by Gasteiger charge is 2.07. The highest BCUT2D eigenvalue weighted by atomic mass is 16.4. The summed E-state index contributed by atoms with van der Waals surface area (Å²) in [7, 11) is 0. The summed E-state index contributed by atoms with van der Waals surface area (Å²) in [5.74, 6) is -0.727. The molecule has 88 valence electrons. The van der Waals surface area contributed by atoms with Crippen LogP contribution in [0.5, 0.6) is 0 Å². The minimum atomic E-state index is -0.727. The van der Waals surface area contributed by atoms with Crippen molar-refractivity contribution in [3.63, 3.8) is 0 Å². The number of hydrogen-bond acceptors (Lipinski definition) is 2. The van der Waals surface area contributed by atoms with Gasteiger partial charge in [-0.2, -0.15) is 0 Å². The Bertz CT molecular complexity index is 311. The quantitative estimate of drug-likeness (QED) is 0.696. The summed E-state index contributed by atoms with van der Waals surface area (Å²) in [6, 6.07) is 10.6. The van der Waals surface area contributed by atoms with E-state index >= 15 is 0 Å². The molecule has 2 N–H and O–H groups in total. The first-order chi connectivity index (χ1) is 7.74. The molecule has 0 aliphatic carbocycles. The summed E-state index contributed by atoms with van der Waals surface area (Å²) in [4.78, 5) is 10.4. The van der Waals surface area contributed by atoms with Crippen molar-refractivity contribution in [1.29, 1.82) is 0 Å². The second-order valence-corrected chi connectivity index (χ2v) is 3.82. The van der Waals surface area contributed by atoms with Crippen LogP contribution in [-0.4, -0.2) is 17.6 Å². The third kappa shape index (κ3) is 4.45. The molecule has 0 bridgehead atoms. The number of carboxylic acid groups (broad SMARTS) is 1. The van der Waals surface area contributed by atoms with Crippen LogP contribution in [0.3, 0.4) is 0 Å². The fourth-order valence-corrected chi connectivity index (χ4v) is 1.70. The monoisotopic (exact) mass is 221 g/mol. The summed E-state index contributed by atoms with van der Waals surface area (Å²) in [6.07, 6.45) is 1.92. The molecule has 0 amide bonds. The van der Waals surface area contributed by atoms with E-state index in [1.807, 2.05) is 18.2 Å². The zero-order valence-electron chi connectivity index (χ0n) is 9.65. The van der Waals surface area contributed by atoms with Crippen LogP contribution < -0.4 is 5.32 Å². The normalized spacial score (nSPS) is 12.3. The molecule has 3 nitrogen and oxygen atoms in total. The van der Waals surface area contributed by atoms with Crippen molar-refractivity contribution in [1.82, 2.24) is 5.32 Å². The number of carbonyl (C=O) groups is 1. The topological polar surface area (TPSA) is 49.3 Å². The van der Waals surface area contributed by atoms with Gasteiger partial charge in [-0.3, -0.25) is 4.79 Å². The van der Waals surface area contributed by atoms with Crippen molar-refractivity contribution in [2.45, 2.75) is 32.2 Å². The van der Waals surface area contributed by atoms with Crippen molar-refractivity contribution in [3.05, 3.63) is 35.9 Å². The van der Waals surface area contributed by atoms with Crippen molar-refractivity contribution in [3.8, 4) is 0 Å². The number of aliphatic carboxylic acids is 1. The van der Waals surface area contributed by atoms with E-state index in [-0.39, 0.29) is 6.42 Å². The van der Waals surface area contributed by atoms with E-state index in [1.54, 1.807) is 0 Å². The highest BCUT2D eigenvalue weighted by molar-refractivity contribution is 5.66. The molecule has 1 rings (SSSR count). The van der Waals surface area contributed by atoms with E-state index in [9.17, 15) is 4.79 Å². The first-order valence-corrected chi connectivity index (χ1v) is 5.74. The van der Waals surface area contributed by atoms with Crippen molar-refractivity contribution >= 4 is 5.97 Å². The molecule has 0 aliphatic heterocycles. The maximum Gasteiger partial charge on any atom is 0.303 e. The molecule has 0 aromatic heterocycles. The van der Waals surface area contributed by atoms with Crippen LogP contribution in [0.4, 0.5) is 0 Å². The van der Waals surface area contributed by atoms with E-state index in [0.29, 0.717) is 12.5 Å². The van der Waals surface area contributed by atoms with Gasteiger partial charge in [-0.1, -0.05) is 37.3 Å². The Morgan fingerprint density at radius 2 is 2.06 bits per heavy atom. The predicted octanol–water partition coefficient (Wildman–Crippen LogP) is 2.59. The van der Waals surface area contributed by atoms with Crippen molar-refractivity contribution < 1.29 is 9.90 Å². The molecule has 3 heteroatoms. The molecule has 0 heterocycles. The van der Waals surface area contributed by atoms with Gasteiger partial charge in [0, 0.05) is 12.5 Å². The van der Waals surface area contributed by atoms with E-state index in [4.69, 9.17) is 5.11 Å². The lowest BCUT2D eigenvalue weighted by Crippen LogP contribution is -2.22. The van der Waals surface area contributed by atoms with E-state index in [1.165, 1.54) is 5.56 Å². The lowest BCUT2D eigenvalue weighted by atomic mass is 10.0. The smallest absolute Gasteiger partial charge is 0.303 e. The first kappa shape index (κ1) is 12.7. The average Bonchev–Trinajstić information content (AvgIpc) is 2.30. The minimum Gasteiger partial charge on any atom is -0.481 e. The van der Waals surface area contributed by atoms with Gasteiger partial charge in [0.05, 0.1) is 0 Å². The Kier molecular flexibility index (Phi) is 5.57. The van der Waals surface area contributed by atoms with Gasteiger partial charge >= 0.3 is 5.97 Å². The van der Waals surface area contributed by atoms with Gasteiger partial charge in [-0.15, -0.1) is 0 Å². The van der Waals surface area contributed by atoms with Gasteiger partial charge in [0.1, 0.15) is 0 Å².